The van der Waals surface area contributed by atoms with E-state index in [2.05, 4.69) is 36.5 Å². The third-order valence-corrected chi connectivity index (χ3v) is 4.63. The van der Waals surface area contributed by atoms with Gasteiger partial charge in [0.2, 0.25) is 4.77 Å². The van der Waals surface area contributed by atoms with Gasteiger partial charge in [0, 0.05) is 28.0 Å². The van der Waals surface area contributed by atoms with Gasteiger partial charge in [0.25, 0.3) is 0 Å². The van der Waals surface area contributed by atoms with Gasteiger partial charge in [-0.2, -0.15) is 5.10 Å². The first-order valence-corrected chi connectivity index (χ1v) is 8.57. The van der Waals surface area contributed by atoms with Gasteiger partial charge in [-0.15, -0.1) is 0 Å². The normalized spacial score (nSPS) is 10.5. The fraction of sp³-hybridized carbons (Fsp3) is 0.188. The summed E-state index contributed by atoms with van der Waals surface area (Å²) in [5, 5.41) is 7.09. The van der Waals surface area contributed by atoms with E-state index < -0.39 is 0 Å². The summed E-state index contributed by atoms with van der Waals surface area (Å²) < 4.78 is 13.9. The summed E-state index contributed by atoms with van der Waals surface area (Å²) >= 11 is 8.89. The Balaban J connectivity index is 1.94. The fourth-order valence-electron chi connectivity index (χ4n) is 2.43. The summed E-state index contributed by atoms with van der Waals surface area (Å²) in [4.78, 5) is 4.02. The number of hydrogen-bond donors (Lipinski definition) is 2. The lowest BCUT2D eigenvalue weighted by Gasteiger charge is -2.16. The zero-order valence-corrected chi connectivity index (χ0v) is 16.0. The molecule has 0 saturated heterocycles. The Morgan fingerprint density at radius 3 is 2.64 bits per heavy atom. The smallest absolute Gasteiger partial charge is 0.214 e. The molecule has 2 N–H and O–H groups in total. The van der Waals surface area contributed by atoms with E-state index >= 15 is 0 Å². The predicted octanol–water partition coefficient (Wildman–Crippen LogP) is 3.53. The van der Waals surface area contributed by atoms with Crippen LogP contribution in [0.5, 0.6) is 11.5 Å². The van der Waals surface area contributed by atoms with Crippen LogP contribution in [0, 0.1) is 4.77 Å². The van der Waals surface area contributed by atoms with Crippen molar-refractivity contribution in [1.29, 1.82) is 0 Å². The molecule has 2 aromatic heterocycles. The maximum absolute atomic E-state index is 5.50. The molecule has 0 spiro atoms. The predicted molar refractivity (Wildman–Crippen MR) is 101 cm³/mol. The van der Waals surface area contributed by atoms with Crippen LogP contribution in [0.4, 0.5) is 0 Å². The second-order valence-electron chi connectivity index (χ2n) is 5.02. The van der Waals surface area contributed by atoms with Gasteiger partial charge in [0.15, 0.2) is 17.3 Å². The number of aromatic nitrogens is 4. The molecule has 0 bridgehead atoms. The van der Waals surface area contributed by atoms with E-state index in [0.717, 1.165) is 15.6 Å². The number of pyridine rings is 1. The molecule has 3 aromatic rings. The van der Waals surface area contributed by atoms with Crippen molar-refractivity contribution in [3.05, 3.63) is 51.5 Å². The number of nitrogens with one attached hydrogen (secondary N) is 2. The molecule has 0 aliphatic carbocycles. The highest BCUT2D eigenvalue weighted by atomic mass is 79.9. The number of halogens is 1. The third kappa shape index (κ3) is 3.52. The molecule has 0 aliphatic rings. The largest absolute Gasteiger partial charge is 0.493 e. The Morgan fingerprint density at radius 2 is 1.96 bits per heavy atom. The van der Waals surface area contributed by atoms with Crippen LogP contribution in [0.2, 0.25) is 0 Å². The SMILES string of the molecule is COc1ccc(Br)c(CNn2c(-c3ccncc3)n[nH]c2=S)c1OC. The van der Waals surface area contributed by atoms with Crippen molar-refractivity contribution in [3.8, 4) is 22.9 Å². The second kappa shape index (κ2) is 7.66. The highest BCUT2D eigenvalue weighted by molar-refractivity contribution is 9.10. The van der Waals surface area contributed by atoms with Crippen LogP contribution in [0.25, 0.3) is 11.4 Å². The summed E-state index contributed by atoms with van der Waals surface area (Å²) in [6.07, 6.45) is 3.41. The lowest BCUT2D eigenvalue weighted by atomic mass is 10.2. The van der Waals surface area contributed by atoms with E-state index in [1.165, 1.54) is 0 Å². The molecule has 0 saturated carbocycles. The Morgan fingerprint density at radius 1 is 1.20 bits per heavy atom. The Kier molecular flexibility index (Phi) is 5.34. The average Bonchev–Trinajstić information content (AvgIpc) is 3.01. The number of methoxy groups -OCH3 is 2. The lowest BCUT2D eigenvalue weighted by molar-refractivity contribution is 0.351. The fourth-order valence-corrected chi connectivity index (χ4v) is 3.08. The number of H-pyrrole nitrogens is 1. The van der Waals surface area contributed by atoms with Crippen LogP contribution in [0.15, 0.2) is 41.1 Å². The Hall–Kier alpha value is -2.39. The van der Waals surface area contributed by atoms with Gasteiger partial charge in [-0.1, -0.05) is 15.9 Å². The number of aromatic amines is 1. The molecule has 1 aromatic carbocycles. The van der Waals surface area contributed by atoms with Crippen molar-refractivity contribution >= 4 is 28.1 Å². The zero-order valence-electron chi connectivity index (χ0n) is 13.6. The molecule has 0 aliphatic heterocycles. The van der Waals surface area contributed by atoms with Crippen LogP contribution in [0.3, 0.4) is 0 Å². The van der Waals surface area contributed by atoms with Gasteiger partial charge in [-0.3, -0.25) is 4.98 Å². The minimum Gasteiger partial charge on any atom is -0.493 e. The van der Waals surface area contributed by atoms with Gasteiger partial charge in [0.1, 0.15) is 0 Å². The van der Waals surface area contributed by atoms with Crippen LogP contribution < -0.4 is 14.9 Å². The molecular weight excluding hydrogens is 406 g/mol. The summed E-state index contributed by atoms with van der Waals surface area (Å²) in [5.74, 6) is 1.99. The van der Waals surface area contributed by atoms with Crippen LogP contribution in [-0.2, 0) is 6.54 Å². The highest BCUT2D eigenvalue weighted by Crippen LogP contribution is 2.36. The van der Waals surface area contributed by atoms with Gasteiger partial charge in [-0.05, 0) is 36.5 Å². The molecule has 0 atom stereocenters. The van der Waals surface area contributed by atoms with Gasteiger partial charge in [0.05, 0.1) is 20.8 Å². The summed E-state index contributed by atoms with van der Waals surface area (Å²) in [5.41, 5.74) is 5.08. The second-order valence-corrected chi connectivity index (χ2v) is 6.26. The number of ether oxygens (including phenoxy) is 2. The Labute approximate surface area is 158 Å². The number of hydrogen-bond acceptors (Lipinski definition) is 6. The quantitative estimate of drug-likeness (QED) is 0.592. The third-order valence-electron chi connectivity index (χ3n) is 3.62. The van der Waals surface area contributed by atoms with Crippen molar-refractivity contribution in [2.24, 2.45) is 0 Å². The van der Waals surface area contributed by atoms with E-state index in [9.17, 15) is 0 Å². The van der Waals surface area contributed by atoms with E-state index in [1.54, 1.807) is 31.3 Å². The molecule has 130 valence electrons. The highest BCUT2D eigenvalue weighted by Gasteiger charge is 2.15. The molecule has 0 fully saturated rings. The molecule has 25 heavy (non-hydrogen) atoms. The minimum absolute atomic E-state index is 0.451. The molecule has 0 amide bonds. The number of rotatable bonds is 6. The van der Waals surface area contributed by atoms with Crippen LogP contribution in [-0.4, -0.2) is 34.1 Å². The number of nitrogens with zero attached hydrogens (tertiary/aromatic N) is 3. The first-order valence-electron chi connectivity index (χ1n) is 7.36. The van der Waals surface area contributed by atoms with E-state index in [1.807, 2.05) is 24.3 Å². The molecule has 9 heteroatoms. The summed E-state index contributed by atoms with van der Waals surface area (Å²) in [6, 6.07) is 7.49. The van der Waals surface area contributed by atoms with Crippen LogP contribution >= 0.6 is 28.1 Å². The molecular formula is C16H16BrN5O2S. The number of benzene rings is 1. The molecule has 0 unspecified atom stereocenters. The van der Waals surface area contributed by atoms with Crippen molar-refractivity contribution in [2.75, 3.05) is 19.6 Å². The van der Waals surface area contributed by atoms with Gasteiger partial charge in [-0.25, -0.2) is 9.77 Å². The molecule has 3 rings (SSSR count). The van der Waals surface area contributed by atoms with E-state index in [4.69, 9.17) is 21.7 Å². The first-order chi connectivity index (χ1) is 12.2. The van der Waals surface area contributed by atoms with Crippen molar-refractivity contribution in [1.82, 2.24) is 19.9 Å². The van der Waals surface area contributed by atoms with E-state index in [-0.39, 0.29) is 0 Å². The molecule has 7 nitrogen and oxygen atoms in total. The monoisotopic (exact) mass is 421 g/mol. The summed E-state index contributed by atoms with van der Waals surface area (Å²) in [6.45, 7) is 0.451. The van der Waals surface area contributed by atoms with Crippen molar-refractivity contribution in [3.63, 3.8) is 0 Å². The summed E-state index contributed by atoms with van der Waals surface area (Å²) in [7, 11) is 3.22. The van der Waals surface area contributed by atoms with Crippen molar-refractivity contribution < 1.29 is 9.47 Å². The maximum Gasteiger partial charge on any atom is 0.214 e. The standard InChI is InChI=1S/C16H16BrN5O2S/c1-23-13-4-3-12(17)11(14(13)24-2)9-19-22-15(20-21-16(22)25)10-5-7-18-8-6-10/h3-8,19H,9H2,1-2H3,(H,21,25). The first kappa shape index (κ1) is 17.4. The Bertz CT molecular complexity index is 926. The van der Waals surface area contributed by atoms with Gasteiger partial charge >= 0.3 is 0 Å². The molecule has 2 heterocycles. The topological polar surface area (TPSA) is 77.0 Å². The van der Waals surface area contributed by atoms with Crippen molar-refractivity contribution in [2.45, 2.75) is 6.54 Å². The lowest BCUT2D eigenvalue weighted by Crippen LogP contribution is -2.17. The maximum atomic E-state index is 5.50. The van der Waals surface area contributed by atoms with E-state index in [0.29, 0.717) is 28.6 Å². The molecule has 0 radical (unpaired) electrons. The average molecular weight is 422 g/mol. The van der Waals surface area contributed by atoms with Crippen LogP contribution in [0.1, 0.15) is 5.56 Å². The zero-order chi connectivity index (χ0) is 17.8. The minimum atomic E-state index is 0.451. The van der Waals surface area contributed by atoms with Gasteiger partial charge < -0.3 is 14.9 Å².